The molecule has 0 spiro atoms. The molecule has 0 N–H and O–H groups in total. The molecule has 2 aromatic rings. The van der Waals surface area contributed by atoms with Crippen molar-refractivity contribution >= 4 is 11.9 Å². The van der Waals surface area contributed by atoms with Gasteiger partial charge in [-0.1, -0.05) is 18.7 Å². The lowest BCUT2D eigenvalue weighted by Crippen LogP contribution is -2.26. The Hall–Kier alpha value is -3.02. The van der Waals surface area contributed by atoms with Gasteiger partial charge in [-0.15, -0.1) is 0 Å². The fourth-order valence-electron chi connectivity index (χ4n) is 1.98. The van der Waals surface area contributed by atoms with E-state index in [-0.39, 0.29) is 16.9 Å². The summed E-state index contributed by atoms with van der Waals surface area (Å²) in [6, 6.07) is 8.41. The quantitative estimate of drug-likeness (QED) is 0.426. The highest BCUT2D eigenvalue weighted by Gasteiger charge is 2.26. The molecule has 0 heterocycles. The molecule has 0 aromatic heterocycles. The van der Waals surface area contributed by atoms with Gasteiger partial charge in [0.1, 0.15) is 5.75 Å². The lowest BCUT2D eigenvalue weighted by Gasteiger charge is -2.17. The predicted octanol–water partition coefficient (Wildman–Crippen LogP) is 5.06. The van der Waals surface area contributed by atoms with Crippen LogP contribution in [-0.4, -0.2) is 11.9 Å². The molecule has 0 radical (unpaired) electrons. The van der Waals surface area contributed by atoms with Crippen molar-refractivity contribution in [3.05, 3.63) is 60.2 Å². The standard InChI is InChI=1S/C21H20F2O4/c1-12(2)19(24)26-14-8-6-13(7-9-14)15-10-11-16(18(23)17(15)22)27-20(25)21(3,4)5/h6-11H,1H2,2-5H3. The van der Waals surface area contributed by atoms with Gasteiger partial charge in [-0.25, -0.2) is 9.18 Å². The van der Waals surface area contributed by atoms with Crippen LogP contribution in [-0.2, 0) is 9.59 Å². The van der Waals surface area contributed by atoms with E-state index >= 15 is 0 Å². The van der Waals surface area contributed by atoms with Gasteiger partial charge in [-0.2, -0.15) is 4.39 Å². The molecule has 0 saturated carbocycles. The van der Waals surface area contributed by atoms with Crippen LogP contribution >= 0.6 is 0 Å². The van der Waals surface area contributed by atoms with Crippen molar-refractivity contribution < 1.29 is 27.8 Å². The first-order valence-electron chi connectivity index (χ1n) is 8.19. The molecule has 0 aliphatic rings. The summed E-state index contributed by atoms with van der Waals surface area (Å²) in [6.07, 6.45) is 0. The van der Waals surface area contributed by atoms with Gasteiger partial charge in [0, 0.05) is 11.1 Å². The number of esters is 2. The molecule has 27 heavy (non-hydrogen) atoms. The minimum atomic E-state index is -1.25. The molecule has 0 atom stereocenters. The van der Waals surface area contributed by atoms with Crippen molar-refractivity contribution in [2.75, 3.05) is 0 Å². The Morgan fingerprint density at radius 2 is 1.52 bits per heavy atom. The van der Waals surface area contributed by atoms with Crippen LogP contribution in [0.1, 0.15) is 27.7 Å². The largest absolute Gasteiger partial charge is 0.423 e. The number of benzene rings is 2. The number of ether oxygens (including phenoxy) is 2. The minimum Gasteiger partial charge on any atom is -0.423 e. The summed E-state index contributed by atoms with van der Waals surface area (Å²) in [7, 11) is 0. The maximum Gasteiger partial charge on any atom is 0.338 e. The van der Waals surface area contributed by atoms with Gasteiger partial charge < -0.3 is 9.47 Å². The van der Waals surface area contributed by atoms with Gasteiger partial charge >= 0.3 is 11.9 Å². The van der Waals surface area contributed by atoms with Crippen LogP contribution in [0, 0.1) is 17.0 Å². The van der Waals surface area contributed by atoms with Crippen LogP contribution in [0.25, 0.3) is 11.1 Å². The highest BCUT2D eigenvalue weighted by molar-refractivity contribution is 5.88. The summed E-state index contributed by atoms with van der Waals surface area (Å²) in [5, 5.41) is 0. The van der Waals surface area contributed by atoms with Crippen molar-refractivity contribution in [1.29, 1.82) is 0 Å². The summed E-state index contributed by atoms with van der Waals surface area (Å²) in [4.78, 5) is 23.4. The Morgan fingerprint density at radius 3 is 2.04 bits per heavy atom. The average Bonchev–Trinajstić information content (AvgIpc) is 2.59. The highest BCUT2D eigenvalue weighted by Crippen LogP contribution is 2.32. The first-order chi connectivity index (χ1) is 12.5. The number of hydrogen-bond donors (Lipinski definition) is 0. The minimum absolute atomic E-state index is 0.0131. The molecular weight excluding hydrogens is 354 g/mol. The summed E-state index contributed by atoms with van der Waals surface area (Å²) >= 11 is 0. The van der Waals surface area contributed by atoms with E-state index in [0.29, 0.717) is 5.56 Å². The van der Waals surface area contributed by atoms with E-state index in [9.17, 15) is 18.4 Å². The Bertz CT molecular complexity index is 894. The summed E-state index contributed by atoms with van der Waals surface area (Å²) < 4.78 is 38.8. The SMILES string of the molecule is C=C(C)C(=O)Oc1ccc(-c2ccc(OC(=O)C(C)(C)C)c(F)c2F)cc1. The molecule has 0 aliphatic carbocycles. The zero-order valence-electron chi connectivity index (χ0n) is 15.6. The summed E-state index contributed by atoms with van der Waals surface area (Å²) in [5.41, 5.74) is -0.248. The van der Waals surface area contributed by atoms with Crippen LogP contribution < -0.4 is 9.47 Å². The first kappa shape index (κ1) is 20.3. The van der Waals surface area contributed by atoms with E-state index < -0.39 is 34.7 Å². The van der Waals surface area contributed by atoms with Gasteiger partial charge in [0.15, 0.2) is 11.6 Å². The third kappa shape index (κ3) is 4.78. The Labute approximate surface area is 156 Å². The Balaban J connectivity index is 2.27. The van der Waals surface area contributed by atoms with Crippen molar-refractivity contribution in [1.82, 2.24) is 0 Å². The van der Waals surface area contributed by atoms with Crippen LogP contribution in [0.5, 0.6) is 11.5 Å². The lowest BCUT2D eigenvalue weighted by molar-refractivity contribution is -0.143. The lowest BCUT2D eigenvalue weighted by atomic mass is 9.97. The number of halogens is 2. The van der Waals surface area contributed by atoms with Gasteiger partial charge in [-0.05, 0) is 57.5 Å². The smallest absolute Gasteiger partial charge is 0.338 e. The van der Waals surface area contributed by atoms with E-state index in [1.165, 1.54) is 43.3 Å². The molecule has 2 aromatic carbocycles. The van der Waals surface area contributed by atoms with Gasteiger partial charge in [0.2, 0.25) is 5.82 Å². The molecule has 0 bridgehead atoms. The second-order valence-corrected chi connectivity index (χ2v) is 7.07. The normalized spacial score (nSPS) is 11.0. The van der Waals surface area contributed by atoms with Crippen molar-refractivity contribution in [3.8, 4) is 22.6 Å². The van der Waals surface area contributed by atoms with E-state index in [4.69, 9.17) is 9.47 Å². The number of rotatable bonds is 4. The summed E-state index contributed by atoms with van der Waals surface area (Å²) in [6.45, 7) is 9.83. The van der Waals surface area contributed by atoms with E-state index in [1.54, 1.807) is 20.8 Å². The second-order valence-electron chi connectivity index (χ2n) is 7.07. The van der Waals surface area contributed by atoms with E-state index in [0.717, 1.165) is 0 Å². The highest BCUT2D eigenvalue weighted by atomic mass is 19.2. The average molecular weight is 374 g/mol. The van der Waals surface area contributed by atoms with Crippen LogP contribution in [0.2, 0.25) is 0 Å². The fourth-order valence-corrected chi connectivity index (χ4v) is 1.98. The maximum atomic E-state index is 14.4. The van der Waals surface area contributed by atoms with Gasteiger partial charge in [0.25, 0.3) is 0 Å². The number of hydrogen-bond acceptors (Lipinski definition) is 4. The number of carbonyl (C=O) groups excluding carboxylic acids is 2. The summed E-state index contributed by atoms with van der Waals surface area (Å²) in [5.74, 6) is -3.85. The molecule has 6 heteroatoms. The van der Waals surface area contributed by atoms with E-state index in [2.05, 4.69) is 6.58 Å². The van der Waals surface area contributed by atoms with Gasteiger partial charge in [0.05, 0.1) is 5.41 Å². The second kappa shape index (κ2) is 7.70. The molecule has 0 saturated heterocycles. The number of carbonyl (C=O) groups is 2. The zero-order chi connectivity index (χ0) is 20.4. The third-order valence-electron chi connectivity index (χ3n) is 3.59. The van der Waals surface area contributed by atoms with Crippen LogP contribution in [0.4, 0.5) is 8.78 Å². The Morgan fingerprint density at radius 1 is 0.926 bits per heavy atom. The predicted molar refractivity (Wildman–Crippen MR) is 97.3 cm³/mol. The molecular formula is C21H20F2O4. The fraction of sp³-hybridized carbons (Fsp3) is 0.238. The molecule has 0 unspecified atom stereocenters. The Kier molecular flexibility index (Phi) is 5.78. The third-order valence-corrected chi connectivity index (χ3v) is 3.59. The van der Waals surface area contributed by atoms with Crippen molar-refractivity contribution in [2.24, 2.45) is 5.41 Å². The molecule has 0 fully saturated rings. The van der Waals surface area contributed by atoms with Crippen molar-refractivity contribution in [2.45, 2.75) is 27.7 Å². The van der Waals surface area contributed by atoms with Gasteiger partial charge in [-0.3, -0.25) is 4.79 Å². The molecule has 2 rings (SSSR count). The molecule has 0 amide bonds. The van der Waals surface area contributed by atoms with Crippen LogP contribution in [0.15, 0.2) is 48.6 Å². The van der Waals surface area contributed by atoms with Crippen molar-refractivity contribution in [3.63, 3.8) is 0 Å². The zero-order valence-corrected chi connectivity index (χ0v) is 15.6. The topological polar surface area (TPSA) is 52.6 Å². The van der Waals surface area contributed by atoms with E-state index in [1.807, 2.05) is 0 Å². The first-order valence-corrected chi connectivity index (χ1v) is 8.19. The van der Waals surface area contributed by atoms with Crippen LogP contribution in [0.3, 0.4) is 0 Å². The molecule has 0 aliphatic heterocycles. The molecule has 4 nitrogen and oxygen atoms in total. The monoisotopic (exact) mass is 374 g/mol. The maximum absolute atomic E-state index is 14.4. The molecule has 142 valence electrons.